The van der Waals surface area contributed by atoms with Crippen LogP contribution >= 0.6 is 11.3 Å². The highest BCUT2D eigenvalue weighted by atomic mass is 32.1. The molecule has 1 heterocycles. The maximum Gasteiger partial charge on any atom is 0.261 e. The van der Waals surface area contributed by atoms with Gasteiger partial charge < -0.3 is 15.4 Å². The van der Waals surface area contributed by atoms with E-state index in [2.05, 4.69) is 10.6 Å². The second-order valence-electron chi connectivity index (χ2n) is 6.36. The van der Waals surface area contributed by atoms with Gasteiger partial charge >= 0.3 is 0 Å². The predicted molar refractivity (Wildman–Crippen MR) is 112 cm³/mol. The van der Waals surface area contributed by atoms with Crippen LogP contribution in [0.5, 0.6) is 5.75 Å². The number of thiophene rings is 1. The van der Waals surface area contributed by atoms with Crippen molar-refractivity contribution in [2.45, 2.75) is 13.3 Å². The summed E-state index contributed by atoms with van der Waals surface area (Å²) in [4.78, 5) is 25.2. The van der Waals surface area contributed by atoms with Crippen LogP contribution in [0.25, 0.3) is 0 Å². The molecule has 5 nitrogen and oxygen atoms in total. The molecule has 0 atom stereocenters. The molecule has 0 unspecified atom stereocenters. The molecule has 0 aliphatic carbocycles. The van der Waals surface area contributed by atoms with Gasteiger partial charge in [-0.2, -0.15) is 0 Å². The third kappa shape index (κ3) is 5.89. The molecule has 29 heavy (non-hydrogen) atoms. The van der Waals surface area contributed by atoms with Crippen molar-refractivity contribution < 1.29 is 18.7 Å². The maximum absolute atomic E-state index is 13.3. The first-order chi connectivity index (χ1) is 14.0. The summed E-state index contributed by atoms with van der Waals surface area (Å²) in [6.45, 7) is 2.79. The predicted octanol–water partition coefficient (Wildman–Crippen LogP) is 4.65. The highest BCUT2D eigenvalue weighted by Gasteiger charge is 2.15. The summed E-state index contributed by atoms with van der Waals surface area (Å²) in [7, 11) is 0. The van der Waals surface area contributed by atoms with Crippen molar-refractivity contribution in [1.82, 2.24) is 5.32 Å². The van der Waals surface area contributed by atoms with Gasteiger partial charge in [-0.3, -0.25) is 9.59 Å². The second-order valence-corrected chi connectivity index (χ2v) is 7.41. The molecule has 0 bridgehead atoms. The van der Waals surface area contributed by atoms with Gasteiger partial charge in [0.25, 0.3) is 11.8 Å². The quantitative estimate of drug-likeness (QED) is 0.530. The van der Waals surface area contributed by atoms with Crippen LogP contribution < -0.4 is 15.4 Å². The number of hydrogen-bond acceptors (Lipinski definition) is 4. The number of benzene rings is 2. The summed E-state index contributed by atoms with van der Waals surface area (Å²) in [5.41, 5.74) is 0.989. The molecule has 150 valence electrons. The number of amides is 2. The standard InChI is InChI=1S/C22H21FN2O3S/c1-15-13-19(25-21(26)16-7-5-8-17(23)14-16)29-20(15)22(27)24-11-6-12-28-18-9-3-2-4-10-18/h2-5,7-10,13-14H,6,11-12H2,1H3,(H,24,27)(H,25,26). The molecule has 2 aromatic carbocycles. The molecule has 1 aromatic heterocycles. The smallest absolute Gasteiger partial charge is 0.261 e. The van der Waals surface area contributed by atoms with Gasteiger partial charge in [0.2, 0.25) is 0 Å². The zero-order valence-corrected chi connectivity index (χ0v) is 16.7. The molecule has 0 saturated heterocycles. The number of aryl methyl sites for hydroxylation is 1. The first-order valence-corrected chi connectivity index (χ1v) is 9.98. The number of anilines is 1. The van der Waals surface area contributed by atoms with Gasteiger partial charge in [-0.15, -0.1) is 11.3 Å². The minimum atomic E-state index is -0.476. The largest absolute Gasteiger partial charge is 0.494 e. The number of halogens is 1. The Bertz CT molecular complexity index is 989. The van der Waals surface area contributed by atoms with Crippen molar-refractivity contribution in [3.63, 3.8) is 0 Å². The van der Waals surface area contributed by atoms with Crippen molar-refractivity contribution >= 4 is 28.2 Å². The normalized spacial score (nSPS) is 10.4. The maximum atomic E-state index is 13.3. The van der Waals surface area contributed by atoms with Crippen LogP contribution in [0.2, 0.25) is 0 Å². The molecule has 3 rings (SSSR count). The Morgan fingerprint density at radius 1 is 1.03 bits per heavy atom. The van der Waals surface area contributed by atoms with Crippen molar-refractivity contribution in [1.29, 1.82) is 0 Å². The van der Waals surface area contributed by atoms with E-state index in [-0.39, 0.29) is 11.5 Å². The van der Waals surface area contributed by atoms with Crippen molar-refractivity contribution in [2.24, 2.45) is 0 Å². The number of nitrogens with one attached hydrogen (secondary N) is 2. The van der Waals surface area contributed by atoms with Gasteiger partial charge in [-0.1, -0.05) is 24.3 Å². The van der Waals surface area contributed by atoms with Gasteiger partial charge in [-0.25, -0.2) is 4.39 Å². The molecule has 2 amide bonds. The Morgan fingerprint density at radius 2 is 1.83 bits per heavy atom. The molecule has 0 aliphatic heterocycles. The lowest BCUT2D eigenvalue weighted by Gasteiger charge is -2.07. The molecule has 0 fully saturated rings. The fraction of sp³-hybridized carbons (Fsp3) is 0.182. The van der Waals surface area contributed by atoms with E-state index in [4.69, 9.17) is 4.74 Å². The Morgan fingerprint density at radius 3 is 2.59 bits per heavy atom. The lowest BCUT2D eigenvalue weighted by molar-refractivity contribution is 0.0954. The summed E-state index contributed by atoms with van der Waals surface area (Å²) in [5.74, 6) is -0.294. The summed E-state index contributed by atoms with van der Waals surface area (Å²) in [5, 5.41) is 6.11. The van der Waals surface area contributed by atoms with Gasteiger partial charge in [0.05, 0.1) is 16.5 Å². The highest BCUT2D eigenvalue weighted by molar-refractivity contribution is 7.18. The van der Waals surface area contributed by atoms with E-state index < -0.39 is 11.7 Å². The van der Waals surface area contributed by atoms with Crippen LogP contribution in [-0.2, 0) is 0 Å². The van der Waals surface area contributed by atoms with E-state index in [0.717, 1.165) is 11.3 Å². The number of para-hydroxylation sites is 1. The van der Waals surface area contributed by atoms with E-state index in [1.54, 1.807) is 6.07 Å². The monoisotopic (exact) mass is 412 g/mol. The van der Waals surface area contributed by atoms with Gasteiger partial charge in [0.1, 0.15) is 11.6 Å². The Kier molecular flexibility index (Phi) is 6.97. The third-order valence-corrected chi connectivity index (χ3v) is 5.22. The van der Waals surface area contributed by atoms with Gasteiger partial charge in [0.15, 0.2) is 0 Å². The summed E-state index contributed by atoms with van der Waals surface area (Å²) < 4.78 is 18.9. The number of hydrogen-bond donors (Lipinski definition) is 2. The van der Waals surface area contributed by atoms with Crippen molar-refractivity contribution in [2.75, 3.05) is 18.5 Å². The lowest BCUT2D eigenvalue weighted by atomic mass is 10.2. The van der Waals surface area contributed by atoms with Crippen molar-refractivity contribution in [3.8, 4) is 5.75 Å². The van der Waals surface area contributed by atoms with E-state index in [9.17, 15) is 14.0 Å². The molecule has 0 saturated carbocycles. The fourth-order valence-electron chi connectivity index (χ4n) is 2.64. The van der Waals surface area contributed by atoms with Crippen LogP contribution in [0.15, 0.2) is 60.7 Å². The molecular weight excluding hydrogens is 391 g/mol. The topological polar surface area (TPSA) is 67.4 Å². The van der Waals surface area contributed by atoms with Crippen LogP contribution in [0.1, 0.15) is 32.0 Å². The van der Waals surface area contributed by atoms with Crippen LogP contribution in [0.4, 0.5) is 9.39 Å². The minimum absolute atomic E-state index is 0.196. The molecular formula is C22H21FN2O3S. The Balaban J connectivity index is 1.48. The first kappa shape index (κ1) is 20.5. The zero-order chi connectivity index (χ0) is 20.6. The molecule has 0 radical (unpaired) electrons. The Hall–Kier alpha value is -3.19. The van der Waals surface area contributed by atoms with Gasteiger partial charge in [0, 0.05) is 12.1 Å². The van der Waals surface area contributed by atoms with Crippen molar-refractivity contribution in [3.05, 3.63) is 82.5 Å². The molecule has 7 heteroatoms. The van der Waals surface area contributed by atoms with E-state index >= 15 is 0 Å². The van der Waals surface area contributed by atoms with E-state index in [1.165, 1.54) is 35.6 Å². The van der Waals surface area contributed by atoms with E-state index in [1.807, 2.05) is 37.3 Å². The third-order valence-electron chi connectivity index (χ3n) is 4.07. The summed E-state index contributed by atoms with van der Waals surface area (Å²) in [6, 6.07) is 16.7. The molecule has 3 aromatic rings. The van der Waals surface area contributed by atoms with Crippen LogP contribution in [0.3, 0.4) is 0 Å². The van der Waals surface area contributed by atoms with Gasteiger partial charge in [-0.05, 0) is 55.3 Å². The Labute approximate surface area is 172 Å². The summed E-state index contributed by atoms with van der Waals surface area (Å²) in [6.07, 6.45) is 0.675. The van der Waals surface area contributed by atoms with Crippen LogP contribution in [-0.4, -0.2) is 25.0 Å². The average Bonchev–Trinajstić information content (AvgIpc) is 3.08. The first-order valence-electron chi connectivity index (χ1n) is 9.16. The number of rotatable bonds is 8. The number of ether oxygens (including phenoxy) is 1. The lowest BCUT2D eigenvalue weighted by Crippen LogP contribution is -2.25. The van der Waals surface area contributed by atoms with Crippen LogP contribution in [0, 0.1) is 12.7 Å². The second kappa shape index (κ2) is 9.84. The number of carbonyl (C=O) groups is 2. The SMILES string of the molecule is Cc1cc(NC(=O)c2cccc(F)c2)sc1C(=O)NCCCOc1ccccc1. The minimum Gasteiger partial charge on any atom is -0.494 e. The molecule has 0 spiro atoms. The highest BCUT2D eigenvalue weighted by Crippen LogP contribution is 2.27. The fourth-order valence-corrected chi connectivity index (χ4v) is 3.63. The van der Waals surface area contributed by atoms with E-state index in [0.29, 0.717) is 29.5 Å². The zero-order valence-electron chi connectivity index (χ0n) is 15.9. The average molecular weight is 412 g/mol. The summed E-state index contributed by atoms with van der Waals surface area (Å²) >= 11 is 1.19. The molecule has 0 aliphatic rings. The molecule has 2 N–H and O–H groups in total. The number of carbonyl (C=O) groups excluding carboxylic acids is 2.